The van der Waals surface area contributed by atoms with Crippen LogP contribution in [0.3, 0.4) is 0 Å². The van der Waals surface area contributed by atoms with Crippen molar-refractivity contribution < 1.29 is 17.7 Å². The van der Waals surface area contributed by atoms with Gasteiger partial charge in [0, 0.05) is 5.56 Å². The zero-order valence-corrected chi connectivity index (χ0v) is 13.1. The van der Waals surface area contributed by atoms with Gasteiger partial charge in [0.25, 0.3) is 10.0 Å². The quantitative estimate of drug-likeness (QED) is 0.774. The molecule has 2 aromatic heterocycles. The number of anilines is 1. The number of nitrogens with one attached hydrogen (secondary N) is 1. The number of hydrogen-bond donors (Lipinski definition) is 1. The zero-order chi connectivity index (χ0) is 15.6. The maximum Gasteiger partial charge on any atom is 0.275 e. The summed E-state index contributed by atoms with van der Waals surface area (Å²) in [5.74, 6) is 0.662. The molecule has 8 heteroatoms. The summed E-state index contributed by atoms with van der Waals surface area (Å²) in [6.45, 7) is 0. The predicted octanol–water partition coefficient (Wildman–Crippen LogP) is 3.21. The topological polar surface area (TPSA) is 81.4 Å². The van der Waals surface area contributed by atoms with E-state index in [9.17, 15) is 8.42 Å². The first-order chi connectivity index (χ1) is 10.6. The Labute approximate surface area is 131 Å². The van der Waals surface area contributed by atoms with Gasteiger partial charge in [0.1, 0.15) is 11.4 Å². The molecule has 1 aromatic carbocycles. The summed E-state index contributed by atoms with van der Waals surface area (Å²) in [6.07, 6.45) is 1.33. The molecule has 0 atom stereocenters. The van der Waals surface area contributed by atoms with Gasteiger partial charge in [-0.15, -0.1) is 11.3 Å². The molecule has 0 bridgehead atoms. The fourth-order valence-electron chi connectivity index (χ4n) is 1.93. The number of benzene rings is 1. The molecule has 3 rings (SSSR count). The number of methoxy groups -OCH3 is 1. The minimum atomic E-state index is -3.77. The molecular weight excluding hydrogens is 324 g/mol. The highest BCUT2D eigenvalue weighted by atomic mass is 32.2. The molecule has 3 aromatic rings. The second-order valence-corrected chi connectivity index (χ2v) is 7.11. The summed E-state index contributed by atoms with van der Waals surface area (Å²) in [7, 11) is -2.34. The van der Waals surface area contributed by atoms with Gasteiger partial charge < -0.3 is 9.26 Å². The lowest BCUT2D eigenvalue weighted by molar-refractivity contribution is 0.406. The Morgan fingerprint density at radius 3 is 2.73 bits per heavy atom. The number of ether oxygens (including phenoxy) is 1. The van der Waals surface area contributed by atoms with E-state index in [-0.39, 0.29) is 9.90 Å². The number of hydrogen-bond acceptors (Lipinski definition) is 6. The van der Waals surface area contributed by atoms with Crippen molar-refractivity contribution in [2.24, 2.45) is 0 Å². The van der Waals surface area contributed by atoms with Crippen molar-refractivity contribution in [3.8, 4) is 17.1 Å². The largest absolute Gasteiger partial charge is 0.494 e. The van der Waals surface area contributed by atoms with Gasteiger partial charge in [-0.2, -0.15) is 0 Å². The molecule has 114 valence electrons. The molecule has 0 aliphatic rings. The van der Waals surface area contributed by atoms with Crippen LogP contribution in [0.15, 0.2) is 56.7 Å². The lowest BCUT2D eigenvalue weighted by Gasteiger charge is -2.07. The molecule has 0 saturated carbocycles. The van der Waals surface area contributed by atoms with Crippen LogP contribution in [0.25, 0.3) is 11.3 Å². The van der Waals surface area contributed by atoms with Crippen molar-refractivity contribution in [3.63, 3.8) is 0 Å². The average Bonchev–Trinajstić information content (AvgIpc) is 3.16. The molecule has 0 aliphatic carbocycles. The summed E-state index contributed by atoms with van der Waals surface area (Å²) in [4.78, 5) is 0. The van der Waals surface area contributed by atoms with Gasteiger partial charge >= 0.3 is 0 Å². The van der Waals surface area contributed by atoms with Crippen LogP contribution < -0.4 is 9.46 Å². The first-order valence-corrected chi connectivity index (χ1v) is 8.62. The van der Waals surface area contributed by atoms with Gasteiger partial charge in [-0.1, -0.05) is 35.5 Å². The van der Waals surface area contributed by atoms with E-state index in [1.54, 1.807) is 11.4 Å². The summed E-state index contributed by atoms with van der Waals surface area (Å²) in [5.41, 5.74) is 1.01. The van der Waals surface area contributed by atoms with Crippen LogP contribution >= 0.6 is 11.3 Å². The standard InChI is InChI=1S/C14H12N2O4S2/c1-19-12-7-8-21-14(12)22(17,18)16-11-9-15-20-13(11)10-5-3-2-4-6-10/h2-9,16H,1H3. The zero-order valence-electron chi connectivity index (χ0n) is 11.5. The van der Waals surface area contributed by atoms with Crippen molar-refractivity contribution in [1.82, 2.24) is 5.16 Å². The number of rotatable bonds is 5. The van der Waals surface area contributed by atoms with E-state index in [2.05, 4.69) is 9.88 Å². The van der Waals surface area contributed by atoms with Crippen molar-refractivity contribution in [3.05, 3.63) is 48.0 Å². The van der Waals surface area contributed by atoms with Crippen molar-refractivity contribution in [2.75, 3.05) is 11.8 Å². The fourth-order valence-corrected chi connectivity index (χ4v) is 4.26. The van der Waals surface area contributed by atoms with Crippen LogP contribution in [0.1, 0.15) is 0 Å². The Morgan fingerprint density at radius 2 is 2.00 bits per heavy atom. The third-order valence-electron chi connectivity index (χ3n) is 2.91. The van der Waals surface area contributed by atoms with Crippen LogP contribution in [0, 0.1) is 0 Å². The fraction of sp³-hybridized carbons (Fsp3) is 0.0714. The van der Waals surface area contributed by atoms with Gasteiger partial charge in [0.2, 0.25) is 0 Å². The molecule has 0 spiro atoms. The summed E-state index contributed by atoms with van der Waals surface area (Å²) in [6, 6.07) is 10.7. The highest BCUT2D eigenvalue weighted by molar-refractivity contribution is 7.94. The maximum absolute atomic E-state index is 12.5. The van der Waals surface area contributed by atoms with Crippen molar-refractivity contribution in [1.29, 1.82) is 0 Å². The Hall–Kier alpha value is -2.32. The second kappa shape index (κ2) is 5.82. The molecule has 6 nitrogen and oxygen atoms in total. The maximum atomic E-state index is 12.5. The minimum Gasteiger partial charge on any atom is -0.494 e. The molecule has 22 heavy (non-hydrogen) atoms. The highest BCUT2D eigenvalue weighted by Gasteiger charge is 2.24. The molecule has 0 fully saturated rings. The molecular formula is C14H12N2O4S2. The Bertz CT molecular complexity index is 869. The van der Waals surface area contributed by atoms with E-state index in [0.717, 1.165) is 16.9 Å². The normalized spacial score (nSPS) is 11.3. The molecule has 0 saturated heterocycles. The third kappa shape index (κ3) is 2.70. The van der Waals surface area contributed by atoms with E-state index in [0.29, 0.717) is 11.5 Å². The molecule has 1 N–H and O–H groups in total. The summed E-state index contributed by atoms with van der Waals surface area (Å²) < 4.78 is 37.8. The smallest absolute Gasteiger partial charge is 0.275 e. The van der Waals surface area contributed by atoms with E-state index < -0.39 is 10.0 Å². The van der Waals surface area contributed by atoms with Gasteiger partial charge in [-0.05, 0) is 11.4 Å². The lowest BCUT2D eigenvalue weighted by Crippen LogP contribution is -2.12. The Balaban J connectivity index is 1.96. The Kier molecular flexibility index (Phi) is 3.86. The van der Waals surface area contributed by atoms with Crippen LogP contribution in [-0.4, -0.2) is 20.7 Å². The van der Waals surface area contributed by atoms with Crippen molar-refractivity contribution in [2.45, 2.75) is 4.21 Å². The van der Waals surface area contributed by atoms with E-state index in [1.807, 2.05) is 30.3 Å². The average molecular weight is 336 g/mol. The second-order valence-electron chi connectivity index (χ2n) is 4.32. The lowest BCUT2D eigenvalue weighted by atomic mass is 10.1. The van der Waals surface area contributed by atoms with Crippen molar-refractivity contribution >= 4 is 27.0 Å². The van der Waals surface area contributed by atoms with Gasteiger partial charge in [-0.25, -0.2) is 8.42 Å². The van der Waals surface area contributed by atoms with E-state index in [4.69, 9.17) is 9.26 Å². The predicted molar refractivity (Wildman–Crippen MR) is 83.6 cm³/mol. The number of nitrogens with zero attached hydrogens (tertiary/aromatic N) is 1. The van der Waals surface area contributed by atoms with Crippen LogP contribution in [0.4, 0.5) is 5.69 Å². The molecule has 0 radical (unpaired) electrons. The molecule has 2 heterocycles. The van der Waals surface area contributed by atoms with Crippen LogP contribution in [0.5, 0.6) is 5.75 Å². The summed E-state index contributed by atoms with van der Waals surface area (Å²) in [5, 5.41) is 5.33. The first-order valence-electron chi connectivity index (χ1n) is 6.26. The molecule has 0 unspecified atom stereocenters. The van der Waals surface area contributed by atoms with Crippen LogP contribution in [-0.2, 0) is 10.0 Å². The van der Waals surface area contributed by atoms with E-state index >= 15 is 0 Å². The molecule has 0 aliphatic heterocycles. The monoisotopic (exact) mass is 336 g/mol. The van der Waals surface area contributed by atoms with Gasteiger partial charge in [-0.3, -0.25) is 4.72 Å². The van der Waals surface area contributed by atoms with Crippen LogP contribution in [0.2, 0.25) is 0 Å². The Morgan fingerprint density at radius 1 is 1.23 bits per heavy atom. The van der Waals surface area contributed by atoms with Gasteiger partial charge in [0.15, 0.2) is 9.97 Å². The van der Waals surface area contributed by atoms with Gasteiger partial charge in [0.05, 0.1) is 13.3 Å². The summed E-state index contributed by atoms with van der Waals surface area (Å²) >= 11 is 1.08. The SMILES string of the molecule is COc1ccsc1S(=O)(=O)Nc1cnoc1-c1ccccc1. The third-order valence-corrected chi connectivity index (χ3v) is 5.72. The van der Waals surface area contributed by atoms with E-state index in [1.165, 1.54) is 13.3 Å². The number of sulfonamides is 1. The minimum absolute atomic E-state index is 0.107. The first kappa shape index (κ1) is 14.6. The molecule has 0 amide bonds. The number of aromatic nitrogens is 1. The number of thiophene rings is 1. The highest BCUT2D eigenvalue weighted by Crippen LogP contribution is 2.34.